The molecule has 0 unspecified atom stereocenters. The number of aliphatic hydroxyl groups excluding tert-OH is 2. The number of nitrogens with one attached hydrogen (secondary N) is 1. The average molecular weight is 468 g/mol. The number of anilines is 1. The number of aliphatic hydroxyl groups is 2. The molecular formula is C13H21N6O9PS. The van der Waals surface area contributed by atoms with Gasteiger partial charge in [0.05, 0.1) is 12.9 Å². The van der Waals surface area contributed by atoms with Gasteiger partial charge in [0.1, 0.15) is 24.9 Å². The zero-order chi connectivity index (χ0) is 22.2. The summed E-state index contributed by atoms with van der Waals surface area (Å²) >= 11 is -0.494. The molecule has 0 aromatic carbocycles. The third-order valence-electron chi connectivity index (χ3n) is 4.27. The van der Waals surface area contributed by atoms with Crippen molar-refractivity contribution in [2.24, 2.45) is 0 Å². The van der Waals surface area contributed by atoms with Crippen LogP contribution in [0.15, 0.2) is 11.1 Å². The molecule has 168 valence electrons. The number of nitrogens with zero attached hydrogens (tertiary/aromatic N) is 4. The van der Waals surface area contributed by atoms with Crippen molar-refractivity contribution in [3.05, 3.63) is 16.7 Å². The number of aromatic nitrogens is 4. The number of ether oxygens (including phenoxy) is 2. The van der Waals surface area contributed by atoms with Crippen molar-refractivity contribution in [2.45, 2.75) is 24.5 Å². The van der Waals surface area contributed by atoms with Crippen LogP contribution in [-0.4, -0.2) is 87.9 Å². The molecule has 30 heavy (non-hydrogen) atoms. The number of carbonyl (C=O) groups is 1. The maximum atomic E-state index is 12.2. The summed E-state index contributed by atoms with van der Waals surface area (Å²) in [5.41, 5.74) is 4.55. The molecule has 0 aliphatic carbocycles. The predicted molar refractivity (Wildman–Crippen MR) is 105 cm³/mol. The fourth-order valence-electron chi connectivity index (χ4n) is 2.94. The van der Waals surface area contributed by atoms with E-state index in [2.05, 4.69) is 15.3 Å². The number of fused-ring (bicyclic) bond motifs is 1. The van der Waals surface area contributed by atoms with Crippen LogP contribution in [0.5, 0.6) is 0 Å². The molecule has 1 aliphatic heterocycles. The highest BCUT2D eigenvalue weighted by molar-refractivity contribution is 8.15. The molecule has 0 spiro atoms. The molecule has 0 bridgehead atoms. The van der Waals surface area contributed by atoms with E-state index in [9.17, 15) is 34.5 Å². The Morgan fingerprint density at radius 1 is 1.47 bits per heavy atom. The van der Waals surface area contributed by atoms with Gasteiger partial charge in [0.15, 0.2) is 17.4 Å². The van der Waals surface area contributed by atoms with Gasteiger partial charge in [-0.15, -0.1) is 0 Å². The van der Waals surface area contributed by atoms with Gasteiger partial charge in [-0.2, -0.15) is 4.98 Å². The number of nitrogens with two attached hydrogens (primary N) is 1. The molecule has 4 atom stereocenters. The number of hydrogen-bond acceptors (Lipinski definition) is 9. The maximum absolute atomic E-state index is 12.2. The molecule has 17 heteroatoms. The standard InChI is InChI=1S/C13H21N6O9PS/c1-15-6(21)3-27-9-8(22)5(2-20)28-12(9)18-4-16-7-10(23)17-13(14)19(11(7)18)30-29(24,25)26/h4-5,8-9,12,20,22,24-26,30H,2-3H2,1H3,(H,15,21)(H2,14,17,23)/t5-,8+,9-,12-/m1/s1. The Morgan fingerprint density at radius 3 is 2.77 bits per heavy atom. The molecule has 2 aromatic heterocycles. The van der Waals surface area contributed by atoms with Crippen LogP contribution in [0.1, 0.15) is 6.23 Å². The second-order valence-corrected chi connectivity index (χ2v) is 10.0. The zero-order valence-electron chi connectivity index (χ0n) is 15.4. The number of hydrogen-bond donors (Lipinski definition) is 8. The van der Waals surface area contributed by atoms with Gasteiger partial charge in [-0.05, 0) is 11.1 Å². The molecule has 0 saturated carbocycles. The highest BCUT2D eigenvalue weighted by atomic mass is 32.5. The number of nitrogen functional groups attached to an aromatic ring is 1. The normalized spacial score (nSPS) is 24.5. The van der Waals surface area contributed by atoms with Crippen LogP contribution in [0.25, 0.3) is 11.2 Å². The quantitative estimate of drug-likeness (QED) is 0.149. The first kappa shape index (κ1) is 22.8. The van der Waals surface area contributed by atoms with E-state index in [1.165, 1.54) is 11.6 Å². The van der Waals surface area contributed by atoms with E-state index >= 15 is 0 Å². The number of amides is 1. The third kappa shape index (κ3) is 4.41. The van der Waals surface area contributed by atoms with Crippen LogP contribution >= 0.6 is 6.72 Å². The van der Waals surface area contributed by atoms with E-state index in [1.807, 2.05) is 0 Å². The second-order valence-electron chi connectivity index (χ2n) is 6.22. The van der Waals surface area contributed by atoms with Crippen molar-refractivity contribution in [1.82, 2.24) is 23.8 Å². The minimum atomic E-state index is -4.43. The summed E-state index contributed by atoms with van der Waals surface area (Å²) in [6.45, 7) is -5.43. The lowest BCUT2D eigenvalue weighted by Crippen LogP contribution is -2.38. The Bertz CT molecular complexity index is 1060. The average Bonchev–Trinajstić information content (AvgIpc) is 3.24. The van der Waals surface area contributed by atoms with E-state index in [0.29, 0.717) is 0 Å². The zero-order valence-corrected chi connectivity index (χ0v) is 17.2. The molecule has 1 fully saturated rings. The van der Waals surface area contributed by atoms with Gasteiger partial charge in [0.2, 0.25) is 11.9 Å². The lowest BCUT2D eigenvalue weighted by Gasteiger charge is -2.23. The Morgan fingerprint density at radius 2 is 2.17 bits per heavy atom. The summed E-state index contributed by atoms with van der Waals surface area (Å²) in [6.07, 6.45) is -3.67. The first-order valence-corrected chi connectivity index (χ1v) is 11.6. The van der Waals surface area contributed by atoms with Crippen LogP contribution in [0.3, 0.4) is 0 Å². The van der Waals surface area contributed by atoms with E-state index in [0.717, 1.165) is 10.3 Å². The lowest BCUT2D eigenvalue weighted by atomic mass is 10.1. The summed E-state index contributed by atoms with van der Waals surface area (Å²) in [4.78, 5) is 59.7. The third-order valence-corrected chi connectivity index (χ3v) is 6.34. The van der Waals surface area contributed by atoms with Gasteiger partial charge in [-0.25, -0.2) is 8.96 Å². The predicted octanol–water partition coefficient (Wildman–Crippen LogP) is -4.21. The van der Waals surface area contributed by atoms with Crippen molar-refractivity contribution < 1.29 is 39.2 Å². The van der Waals surface area contributed by atoms with Gasteiger partial charge in [0.25, 0.3) is 6.72 Å². The summed E-state index contributed by atoms with van der Waals surface area (Å²) in [5, 5.41) is 22.3. The molecule has 1 amide bonds. The van der Waals surface area contributed by atoms with Gasteiger partial charge < -0.3 is 45.4 Å². The Labute approximate surface area is 171 Å². The van der Waals surface area contributed by atoms with Crippen molar-refractivity contribution in [1.29, 1.82) is 0 Å². The Kier molecular flexibility index (Phi) is 6.61. The minimum absolute atomic E-state index is 0.111. The van der Waals surface area contributed by atoms with E-state index in [-0.39, 0.29) is 11.2 Å². The fraction of sp³-hybridized carbons (Fsp3) is 0.538. The van der Waals surface area contributed by atoms with Crippen LogP contribution in [-0.2, 0) is 25.4 Å². The van der Waals surface area contributed by atoms with Crippen molar-refractivity contribution in [2.75, 3.05) is 26.0 Å². The van der Waals surface area contributed by atoms with E-state index < -0.39 is 73.0 Å². The largest absolute Gasteiger partial charge is 0.394 e. The molecule has 1 aliphatic rings. The summed E-state index contributed by atoms with van der Waals surface area (Å²) in [7, 11) is 1.40. The van der Waals surface area contributed by atoms with Gasteiger partial charge >= 0.3 is 5.56 Å². The monoisotopic (exact) mass is 468 g/mol. The second kappa shape index (κ2) is 8.70. The van der Waals surface area contributed by atoms with Gasteiger partial charge in [0, 0.05) is 7.05 Å². The van der Waals surface area contributed by atoms with E-state index in [1.54, 1.807) is 0 Å². The van der Waals surface area contributed by atoms with Crippen molar-refractivity contribution in [3.8, 4) is 0 Å². The van der Waals surface area contributed by atoms with Crippen molar-refractivity contribution >= 4 is 40.9 Å². The van der Waals surface area contributed by atoms with Crippen molar-refractivity contribution in [3.63, 3.8) is 0 Å². The van der Waals surface area contributed by atoms with Crippen LogP contribution < -0.4 is 16.6 Å². The number of thiol groups is 1. The maximum Gasteiger partial charge on any atom is 0.302 e. The highest BCUT2D eigenvalue weighted by Crippen LogP contribution is 2.36. The summed E-state index contributed by atoms with van der Waals surface area (Å²) in [5.74, 6) is -0.930. The molecule has 8 N–H and O–H groups in total. The topological polar surface area (TPSA) is 227 Å². The molecule has 15 nitrogen and oxygen atoms in total. The number of carbonyl (C=O) groups excluding carboxylic acids is 1. The number of rotatable bonds is 6. The smallest absolute Gasteiger partial charge is 0.302 e. The molecule has 2 aromatic rings. The SMILES string of the molecule is CNC(=O)CO[C@@H]1[C@@H](O)[C@@H](CO)O[C@H]1n1cnc2c(=O)nc(N)n([SH]=P(O)(O)O)c21. The minimum Gasteiger partial charge on any atom is -0.394 e. The first-order valence-electron chi connectivity index (χ1n) is 8.40. The molecule has 3 rings (SSSR count). The van der Waals surface area contributed by atoms with Crippen LogP contribution in [0.4, 0.5) is 5.95 Å². The number of imidazole rings is 1. The molecule has 3 heterocycles. The first-order chi connectivity index (χ1) is 14.1. The summed E-state index contributed by atoms with van der Waals surface area (Å²) in [6, 6.07) is 0. The fourth-order valence-corrected chi connectivity index (χ4v) is 4.85. The van der Waals surface area contributed by atoms with Crippen LogP contribution in [0.2, 0.25) is 0 Å². The molecule has 1 saturated heterocycles. The summed E-state index contributed by atoms with van der Waals surface area (Å²) < 4.78 is 13.2. The molecular weight excluding hydrogens is 447 g/mol. The highest BCUT2D eigenvalue weighted by Gasteiger charge is 2.46. The van der Waals surface area contributed by atoms with Crippen LogP contribution in [0, 0.1) is 0 Å². The van der Waals surface area contributed by atoms with Gasteiger partial charge in [-0.3, -0.25) is 14.2 Å². The Balaban J connectivity index is 2.16. The van der Waals surface area contributed by atoms with Gasteiger partial charge in [-0.1, -0.05) is 0 Å². The number of likely N-dealkylation sites (N-methyl/N-ethyl adjacent to an activating group) is 1. The lowest BCUT2D eigenvalue weighted by molar-refractivity contribution is -0.132. The molecule has 0 radical (unpaired) electrons. The Hall–Kier alpha value is -1.88. The van der Waals surface area contributed by atoms with E-state index in [4.69, 9.17) is 15.2 Å².